The van der Waals surface area contributed by atoms with Crippen LogP contribution in [0.15, 0.2) is 30.3 Å². The van der Waals surface area contributed by atoms with E-state index >= 15 is 4.39 Å². The molecule has 4 nitrogen and oxygen atoms in total. The molecule has 2 aromatic carbocycles. The van der Waals surface area contributed by atoms with Gasteiger partial charge in [0.25, 0.3) is 0 Å². The van der Waals surface area contributed by atoms with Crippen molar-refractivity contribution in [2.75, 3.05) is 6.61 Å². The summed E-state index contributed by atoms with van der Waals surface area (Å²) in [6, 6.07) is 6.32. The Bertz CT molecular complexity index is 1000. The van der Waals surface area contributed by atoms with E-state index in [1.54, 1.807) is 58.9 Å². The minimum Gasteiger partial charge on any atom is -0.598 e. The molecule has 0 heterocycles. The molecule has 0 amide bonds. The van der Waals surface area contributed by atoms with E-state index in [-0.39, 0.29) is 23.3 Å². The standard InChI is InChI=1S/C24H29F4NO3S/c1-7-32-20(30)13-19(29-33(31)23(4,5)6)21-15(3)17(16-11-9-8-10-14(16)2)12-18(22(21)25)24(26,27)28/h8-12,19,29H,7,13H2,1-6H3. The molecule has 182 valence electrons. The summed E-state index contributed by atoms with van der Waals surface area (Å²) in [5.41, 5.74) is -0.170. The first-order valence-corrected chi connectivity index (χ1v) is 11.6. The summed E-state index contributed by atoms with van der Waals surface area (Å²) >= 11 is -1.79. The Morgan fingerprint density at radius 3 is 2.27 bits per heavy atom. The van der Waals surface area contributed by atoms with Crippen LogP contribution in [-0.2, 0) is 27.1 Å². The van der Waals surface area contributed by atoms with Gasteiger partial charge in [-0.2, -0.15) is 13.2 Å². The second kappa shape index (κ2) is 10.4. The SMILES string of the molecule is CCOC(=O)CC(N[S+]([O-])C(C)(C)C)c1c(C)c(-c2ccccc2C)cc(C(F)(F)F)c1F. The van der Waals surface area contributed by atoms with Crippen LogP contribution in [0.4, 0.5) is 17.6 Å². The van der Waals surface area contributed by atoms with E-state index in [0.717, 1.165) is 6.07 Å². The van der Waals surface area contributed by atoms with Gasteiger partial charge >= 0.3 is 12.1 Å². The lowest BCUT2D eigenvalue weighted by Crippen LogP contribution is -2.42. The van der Waals surface area contributed by atoms with Crippen LogP contribution in [0.25, 0.3) is 11.1 Å². The van der Waals surface area contributed by atoms with Gasteiger partial charge in [0.2, 0.25) is 0 Å². The average Bonchev–Trinajstić information content (AvgIpc) is 2.67. The fraction of sp³-hybridized carbons (Fsp3) is 0.458. The van der Waals surface area contributed by atoms with Gasteiger partial charge in [-0.25, -0.2) is 4.39 Å². The fourth-order valence-corrected chi connectivity index (χ4v) is 4.25. The van der Waals surface area contributed by atoms with E-state index in [2.05, 4.69) is 4.72 Å². The summed E-state index contributed by atoms with van der Waals surface area (Å²) in [5.74, 6) is -2.24. The van der Waals surface area contributed by atoms with Gasteiger partial charge in [-0.3, -0.25) is 4.79 Å². The molecular formula is C24H29F4NO3S. The maximum Gasteiger partial charge on any atom is 0.419 e. The Morgan fingerprint density at radius 1 is 1.15 bits per heavy atom. The Balaban J connectivity index is 2.81. The summed E-state index contributed by atoms with van der Waals surface area (Å²) in [5, 5.41) is 0. The van der Waals surface area contributed by atoms with Crippen molar-refractivity contribution in [1.82, 2.24) is 4.72 Å². The van der Waals surface area contributed by atoms with Crippen LogP contribution in [0.2, 0.25) is 0 Å². The molecule has 0 saturated carbocycles. The quantitative estimate of drug-likeness (QED) is 0.288. The zero-order valence-corrected chi connectivity index (χ0v) is 20.3. The van der Waals surface area contributed by atoms with Crippen molar-refractivity contribution in [1.29, 1.82) is 0 Å². The summed E-state index contributed by atoms with van der Waals surface area (Å²) in [4.78, 5) is 12.3. The summed E-state index contributed by atoms with van der Waals surface area (Å²) < 4.78 is 76.6. The Hall–Kier alpha value is -2.10. The van der Waals surface area contributed by atoms with Crippen molar-refractivity contribution in [3.8, 4) is 11.1 Å². The molecule has 0 radical (unpaired) electrons. The van der Waals surface area contributed by atoms with E-state index in [0.29, 0.717) is 11.1 Å². The van der Waals surface area contributed by atoms with Crippen LogP contribution in [0.5, 0.6) is 0 Å². The molecule has 0 aromatic heterocycles. The molecule has 0 bridgehead atoms. The minimum atomic E-state index is -4.97. The molecule has 1 N–H and O–H groups in total. The number of alkyl halides is 3. The molecule has 2 atom stereocenters. The van der Waals surface area contributed by atoms with Gasteiger partial charge in [0, 0.05) is 16.9 Å². The number of benzene rings is 2. The van der Waals surface area contributed by atoms with Gasteiger partial charge in [-0.1, -0.05) is 24.3 Å². The number of esters is 1. The van der Waals surface area contributed by atoms with Crippen LogP contribution >= 0.6 is 0 Å². The monoisotopic (exact) mass is 487 g/mol. The first kappa shape index (κ1) is 27.1. The number of nitrogens with one attached hydrogen (secondary N) is 1. The lowest BCUT2D eigenvalue weighted by atomic mass is 9.87. The molecule has 0 aliphatic carbocycles. The lowest BCUT2D eigenvalue weighted by molar-refractivity contribution is -0.143. The Labute approximate surface area is 195 Å². The van der Waals surface area contributed by atoms with Gasteiger partial charge in [-0.15, -0.1) is 4.72 Å². The number of aryl methyl sites for hydroxylation is 1. The van der Waals surface area contributed by atoms with Crippen molar-refractivity contribution >= 4 is 17.3 Å². The summed E-state index contributed by atoms with van der Waals surface area (Å²) in [6.45, 7) is 9.85. The van der Waals surface area contributed by atoms with E-state index < -0.39 is 52.1 Å². The van der Waals surface area contributed by atoms with Crippen LogP contribution in [-0.4, -0.2) is 21.9 Å². The number of hydrogen-bond acceptors (Lipinski definition) is 4. The van der Waals surface area contributed by atoms with Crippen molar-refractivity contribution in [3.05, 3.63) is 58.4 Å². The molecule has 2 aromatic rings. The third-order valence-electron chi connectivity index (χ3n) is 5.14. The van der Waals surface area contributed by atoms with E-state index in [4.69, 9.17) is 4.74 Å². The molecule has 0 saturated heterocycles. The third-order valence-corrected chi connectivity index (χ3v) is 6.75. The topological polar surface area (TPSA) is 61.4 Å². The predicted molar refractivity (Wildman–Crippen MR) is 121 cm³/mol. The second-order valence-electron chi connectivity index (χ2n) is 8.70. The first-order valence-electron chi connectivity index (χ1n) is 10.5. The van der Waals surface area contributed by atoms with Crippen LogP contribution in [0.1, 0.15) is 62.4 Å². The van der Waals surface area contributed by atoms with Gasteiger partial charge in [0.15, 0.2) is 0 Å². The lowest BCUT2D eigenvalue weighted by Gasteiger charge is -2.30. The normalized spacial score (nSPS) is 14.2. The number of halogens is 4. The first-order chi connectivity index (χ1) is 15.2. The van der Waals surface area contributed by atoms with Crippen molar-refractivity contribution < 1.29 is 31.6 Å². The molecule has 0 aliphatic rings. The molecular weight excluding hydrogens is 458 g/mol. The van der Waals surface area contributed by atoms with Crippen LogP contribution in [0, 0.1) is 19.7 Å². The highest BCUT2D eigenvalue weighted by atomic mass is 32.2. The zero-order chi connectivity index (χ0) is 25.1. The number of rotatable bonds is 7. The maximum atomic E-state index is 15.4. The maximum absolute atomic E-state index is 15.4. The number of carbonyl (C=O) groups is 1. The highest BCUT2D eigenvalue weighted by molar-refractivity contribution is 7.90. The molecule has 0 spiro atoms. The largest absolute Gasteiger partial charge is 0.598 e. The number of carbonyl (C=O) groups excluding carboxylic acids is 1. The Kier molecular flexibility index (Phi) is 8.59. The third kappa shape index (κ3) is 6.49. The summed E-state index contributed by atoms with van der Waals surface area (Å²) in [7, 11) is 0. The molecule has 9 heteroatoms. The minimum absolute atomic E-state index is 0.0480. The molecule has 2 unspecified atom stereocenters. The zero-order valence-electron chi connectivity index (χ0n) is 19.5. The smallest absolute Gasteiger partial charge is 0.419 e. The molecule has 0 fully saturated rings. The molecule has 0 aliphatic heterocycles. The highest BCUT2D eigenvalue weighted by Gasteiger charge is 2.40. The fourth-order valence-electron chi connectivity index (χ4n) is 3.44. The van der Waals surface area contributed by atoms with Crippen LogP contribution < -0.4 is 4.72 Å². The molecule has 33 heavy (non-hydrogen) atoms. The molecule has 2 rings (SSSR count). The van der Waals surface area contributed by atoms with Gasteiger partial charge in [0.1, 0.15) is 10.6 Å². The van der Waals surface area contributed by atoms with E-state index in [1.165, 1.54) is 6.92 Å². The van der Waals surface area contributed by atoms with E-state index in [9.17, 15) is 22.5 Å². The van der Waals surface area contributed by atoms with E-state index in [1.807, 2.05) is 0 Å². The van der Waals surface area contributed by atoms with Gasteiger partial charge in [-0.05, 0) is 69.9 Å². The van der Waals surface area contributed by atoms with Crippen molar-refractivity contribution in [3.63, 3.8) is 0 Å². The van der Waals surface area contributed by atoms with Crippen molar-refractivity contribution in [2.45, 2.75) is 64.9 Å². The number of ether oxygens (including phenoxy) is 1. The predicted octanol–water partition coefficient (Wildman–Crippen LogP) is 6.17. The van der Waals surface area contributed by atoms with Gasteiger partial charge in [0.05, 0.1) is 24.6 Å². The highest BCUT2D eigenvalue weighted by Crippen LogP contribution is 2.41. The average molecular weight is 488 g/mol. The number of hydrogen-bond donors (Lipinski definition) is 1. The Morgan fingerprint density at radius 2 is 1.76 bits per heavy atom. The summed E-state index contributed by atoms with van der Waals surface area (Å²) in [6.07, 6.45) is -5.45. The second-order valence-corrected chi connectivity index (χ2v) is 10.7. The van der Waals surface area contributed by atoms with Crippen LogP contribution in [0.3, 0.4) is 0 Å². The van der Waals surface area contributed by atoms with Gasteiger partial charge < -0.3 is 9.29 Å². The van der Waals surface area contributed by atoms with Crippen molar-refractivity contribution in [2.24, 2.45) is 0 Å².